The summed E-state index contributed by atoms with van der Waals surface area (Å²) in [6.07, 6.45) is 3.07. The fourth-order valence-electron chi connectivity index (χ4n) is 1.43. The molecule has 70 valence electrons. The maximum Gasteiger partial charge on any atom is 0.410 e. The van der Waals surface area contributed by atoms with Crippen LogP contribution in [0.5, 0.6) is 0 Å². The molecule has 12 heavy (non-hydrogen) atoms. The molecule has 1 unspecified atom stereocenters. The molecular weight excluding hydrogens is 154 g/mol. The summed E-state index contributed by atoms with van der Waals surface area (Å²) in [5.41, 5.74) is 0. The highest BCUT2D eigenvalue weighted by molar-refractivity contribution is 5.69. The molecule has 0 saturated carbocycles. The van der Waals surface area contributed by atoms with Crippen LogP contribution < -0.4 is 0 Å². The first-order valence-electron chi connectivity index (χ1n) is 4.73. The maximum absolute atomic E-state index is 11.2. The molecule has 0 bridgehead atoms. The summed E-state index contributed by atoms with van der Waals surface area (Å²) < 4.78 is 4.95. The number of ether oxygens (including phenoxy) is 1. The van der Waals surface area contributed by atoms with Gasteiger partial charge >= 0.3 is 6.09 Å². The predicted octanol–water partition coefficient (Wildman–Crippen LogP) is 2.02. The average molecular weight is 171 g/mol. The predicted molar refractivity (Wildman–Crippen MR) is 47.0 cm³/mol. The van der Waals surface area contributed by atoms with Crippen molar-refractivity contribution in [2.75, 3.05) is 13.2 Å². The number of cyclic esters (lactones) is 1. The van der Waals surface area contributed by atoms with E-state index in [1.165, 1.54) is 0 Å². The number of hydrogen-bond acceptors (Lipinski definition) is 2. The number of carbonyl (C=O) groups excluding carboxylic acids is 1. The summed E-state index contributed by atoms with van der Waals surface area (Å²) in [6, 6.07) is 0.323. The largest absolute Gasteiger partial charge is 0.447 e. The van der Waals surface area contributed by atoms with E-state index in [2.05, 4.69) is 13.8 Å². The van der Waals surface area contributed by atoms with Gasteiger partial charge in [0.15, 0.2) is 0 Å². The highest BCUT2D eigenvalue weighted by Gasteiger charge is 2.30. The molecule has 0 aromatic carbocycles. The summed E-state index contributed by atoms with van der Waals surface area (Å²) in [5, 5.41) is 0. The zero-order valence-corrected chi connectivity index (χ0v) is 7.88. The standard InChI is InChI=1S/C9H17NO2/c1-3-5-6-10-8(4-2)7-12-9(10)11/h8H,3-7H2,1-2H3. The molecule has 0 aliphatic carbocycles. The summed E-state index contributed by atoms with van der Waals surface area (Å²) in [4.78, 5) is 13.0. The van der Waals surface area contributed by atoms with Crippen molar-refractivity contribution in [1.29, 1.82) is 0 Å². The molecule has 0 N–H and O–H groups in total. The van der Waals surface area contributed by atoms with E-state index in [4.69, 9.17) is 4.74 Å². The Hall–Kier alpha value is -0.730. The molecule has 0 aromatic rings. The molecule has 1 amide bonds. The first-order valence-corrected chi connectivity index (χ1v) is 4.73. The van der Waals surface area contributed by atoms with Crippen LogP contribution in [-0.2, 0) is 4.74 Å². The van der Waals surface area contributed by atoms with Crippen LogP contribution in [-0.4, -0.2) is 30.2 Å². The van der Waals surface area contributed by atoms with Gasteiger partial charge in [-0.05, 0) is 12.8 Å². The van der Waals surface area contributed by atoms with Crippen LogP contribution in [0.1, 0.15) is 33.1 Å². The quantitative estimate of drug-likeness (QED) is 0.647. The Bertz CT molecular complexity index is 159. The van der Waals surface area contributed by atoms with Gasteiger partial charge in [-0.1, -0.05) is 20.3 Å². The number of amides is 1. The van der Waals surface area contributed by atoms with Crippen LogP contribution >= 0.6 is 0 Å². The average Bonchev–Trinajstić information content (AvgIpc) is 2.43. The highest BCUT2D eigenvalue weighted by Crippen LogP contribution is 2.15. The third kappa shape index (κ3) is 1.90. The molecule has 3 heteroatoms. The minimum absolute atomic E-state index is 0.129. The zero-order valence-electron chi connectivity index (χ0n) is 7.88. The molecule has 1 saturated heterocycles. The van der Waals surface area contributed by atoms with Crippen LogP contribution in [0.15, 0.2) is 0 Å². The lowest BCUT2D eigenvalue weighted by atomic mass is 10.2. The van der Waals surface area contributed by atoms with Crippen LogP contribution in [0.3, 0.4) is 0 Å². The van der Waals surface area contributed by atoms with E-state index < -0.39 is 0 Å². The van der Waals surface area contributed by atoms with Crippen molar-refractivity contribution in [1.82, 2.24) is 4.90 Å². The van der Waals surface area contributed by atoms with Crippen molar-refractivity contribution in [3.05, 3.63) is 0 Å². The minimum Gasteiger partial charge on any atom is -0.447 e. The van der Waals surface area contributed by atoms with Gasteiger partial charge in [0.05, 0.1) is 6.04 Å². The lowest BCUT2D eigenvalue weighted by Crippen LogP contribution is -2.33. The van der Waals surface area contributed by atoms with Gasteiger partial charge in [0, 0.05) is 6.54 Å². The molecule has 1 atom stereocenters. The molecule has 1 aliphatic heterocycles. The summed E-state index contributed by atoms with van der Waals surface area (Å²) >= 11 is 0. The maximum atomic E-state index is 11.2. The van der Waals surface area contributed by atoms with Gasteiger partial charge in [-0.2, -0.15) is 0 Å². The third-order valence-electron chi connectivity index (χ3n) is 2.30. The van der Waals surface area contributed by atoms with Gasteiger partial charge in [-0.25, -0.2) is 4.79 Å². The Morgan fingerprint density at radius 3 is 2.92 bits per heavy atom. The van der Waals surface area contributed by atoms with E-state index in [1.54, 1.807) is 0 Å². The Kier molecular flexibility index (Phi) is 3.38. The molecular formula is C9H17NO2. The monoisotopic (exact) mass is 171 g/mol. The molecule has 0 radical (unpaired) electrons. The number of rotatable bonds is 4. The van der Waals surface area contributed by atoms with Crippen molar-refractivity contribution in [2.24, 2.45) is 0 Å². The normalized spacial score (nSPS) is 23.0. The number of hydrogen-bond donors (Lipinski definition) is 0. The first-order chi connectivity index (χ1) is 5.79. The lowest BCUT2D eigenvalue weighted by Gasteiger charge is -2.19. The zero-order chi connectivity index (χ0) is 8.97. The number of unbranched alkanes of at least 4 members (excludes halogenated alkanes) is 1. The van der Waals surface area contributed by atoms with E-state index in [0.29, 0.717) is 12.6 Å². The Morgan fingerprint density at radius 2 is 2.33 bits per heavy atom. The van der Waals surface area contributed by atoms with Gasteiger partial charge < -0.3 is 9.64 Å². The van der Waals surface area contributed by atoms with E-state index in [-0.39, 0.29) is 6.09 Å². The first kappa shape index (κ1) is 9.36. The van der Waals surface area contributed by atoms with Crippen LogP contribution in [0.25, 0.3) is 0 Å². The SMILES string of the molecule is CCCCN1C(=O)OCC1CC. The molecule has 1 rings (SSSR count). The second-order valence-corrected chi connectivity index (χ2v) is 3.19. The van der Waals surface area contributed by atoms with Crippen LogP contribution in [0.2, 0.25) is 0 Å². The van der Waals surface area contributed by atoms with Gasteiger partial charge in [-0.15, -0.1) is 0 Å². The topological polar surface area (TPSA) is 29.5 Å². The van der Waals surface area contributed by atoms with Crippen molar-refractivity contribution >= 4 is 6.09 Å². The van der Waals surface area contributed by atoms with Gasteiger partial charge in [0.2, 0.25) is 0 Å². The third-order valence-corrected chi connectivity index (χ3v) is 2.30. The summed E-state index contributed by atoms with van der Waals surface area (Å²) in [5.74, 6) is 0. The van der Waals surface area contributed by atoms with E-state index >= 15 is 0 Å². The summed E-state index contributed by atoms with van der Waals surface area (Å²) in [7, 11) is 0. The van der Waals surface area contributed by atoms with Gasteiger partial charge in [0.1, 0.15) is 6.61 Å². The molecule has 0 spiro atoms. The fourth-order valence-corrected chi connectivity index (χ4v) is 1.43. The lowest BCUT2D eigenvalue weighted by molar-refractivity contribution is 0.157. The number of carbonyl (C=O) groups is 1. The summed E-state index contributed by atoms with van der Waals surface area (Å²) in [6.45, 7) is 5.65. The number of nitrogens with zero attached hydrogens (tertiary/aromatic N) is 1. The van der Waals surface area contributed by atoms with Gasteiger partial charge in [0.25, 0.3) is 0 Å². The van der Waals surface area contributed by atoms with Crippen LogP contribution in [0, 0.1) is 0 Å². The van der Waals surface area contributed by atoms with Crippen molar-refractivity contribution in [2.45, 2.75) is 39.2 Å². The molecule has 3 nitrogen and oxygen atoms in total. The van der Waals surface area contributed by atoms with Crippen molar-refractivity contribution < 1.29 is 9.53 Å². The second kappa shape index (κ2) is 4.33. The Morgan fingerprint density at radius 1 is 1.58 bits per heavy atom. The van der Waals surface area contributed by atoms with Crippen molar-refractivity contribution in [3.63, 3.8) is 0 Å². The molecule has 1 heterocycles. The smallest absolute Gasteiger partial charge is 0.410 e. The fraction of sp³-hybridized carbons (Fsp3) is 0.889. The van der Waals surface area contributed by atoms with Gasteiger partial charge in [-0.3, -0.25) is 0 Å². The van der Waals surface area contributed by atoms with E-state index in [9.17, 15) is 4.79 Å². The van der Waals surface area contributed by atoms with Crippen LogP contribution in [0.4, 0.5) is 4.79 Å². The van der Waals surface area contributed by atoms with Crippen molar-refractivity contribution in [3.8, 4) is 0 Å². The minimum atomic E-state index is -0.129. The second-order valence-electron chi connectivity index (χ2n) is 3.19. The molecule has 1 aliphatic rings. The Labute approximate surface area is 73.7 Å². The highest BCUT2D eigenvalue weighted by atomic mass is 16.6. The molecule has 0 aromatic heterocycles. The van der Waals surface area contributed by atoms with E-state index in [0.717, 1.165) is 25.8 Å². The van der Waals surface area contributed by atoms with E-state index in [1.807, 2.05) is 4.90 Å². The molecule has 1 fully saturated rings. The Balaban J connectivity index is 2.40.